The van der Waals surface area contributed by atoms with Crippen LogP contribution in [0.4, 0.5) is 0 Å². The molecule has 0 rings (SSSR count). The highest BCUT2D eigenvalue weighted by atomic mass is 32.2. The molecule has 0 saturated heterocycles. The van der Waals surface area contributed by atoms with E-state index in [-0.39, 0.29) is 0 Å². The fourth-order valence-corrected chi connectivity index (χ4v) is 3.51. The van der Waals surface area contributed by atoms with Gasteiger partial charge in [0.1, 0.15) is 8.07 Å². The lowest BCUT2D eigenvalue weighted by Crippen LogP contribution is -2.17. The largest absolute Gasteiger partial charge is 0.155 e. The Hall–Kier alpha value is 0.477. The van der Waals surface area contributed by atoms with Gasteiger partial charge >= 0.3 is 0 Å². The third-order valence-corrected chi connectivity index (χ3v) is 5.12. The van der Waals surface area contributed by atoms with E-state index in [0.717, 1.165) is 0 Å². The van der Waals surface area contributed by atoms with Gasteiger partial charge in [-0.3, -0.25) is 0 Å². The van der Waals surface area contributed by atoms with Gasteiger partial charge in [0.25, 0.3) is 0 Å². The molecule has 0 aromatic heterocycles. The van der Waals surface area contributed by atoms with Gasteiger partial charge in [-0.2, -0.15) is 11.8 Å². The molecule has 94 valence electrons. The fourth-order valence-electron chi connectivity index (χ4n) is 0.933. The summed E-state index contributed by atoms with van der Waals surface area (Å²) in [6.07, 6.45) is 0. The average Bonchev–Trinajstić information content (AvgIpc) is 2.06. The molecule has 0 aliphatic rings. The highest BCUT2D eigenvalue weighted by molar-refractivity contribution is 8.03. The van der Waals surface area contributed by atoms with E-state index in [4.69, 9.17) is 0 Å². The second-order valence-electron chi connectivity index (χ2n) is 5.99. The van der Waals surface area contributed by atoms with Gasteiger partial charge in [0.15, 0.2) is 0 Å². The minimum absolute atomic E-state index is 0.397. The van der Waals surface area contributed by atoms with Gasteiger partial charge in [0, 0.05) is 16.3 Å². The van der Waals surface area contributed by atoms with Crippen molar-refractivity contribution in [1.82, 2.24) is 0 Å². The minimum Gasteiger partial charge on any atom is -0.155 e. The molecular weight excluding hydrogens is 248 g/mol. The molecule has 0 nitrogen and oxygen atoms in total. The molecule has 3 heteroatoms. The molecular formula is C13H26S2Si. The zero-order valence-corrected chi connectivity index (χ0v) is 14.4. The number of thioether (sulfide) groups is 2. The third kappa shape index (κ3) is 12.5. The third-order valence-electron chi connectivity index (χ3n) is 1.64. The Balaban J connectivity index is 3.74. The lowest BCUT2D eigenvalue weighted by molar-refractivity contribution is 0.804. The molecule has 0 fully saturated rings. The Morgan fingerprint density at radius 2 is 1.69 bits per heavy atom. The van der Waals surface area contributed by atoms with Crippen molar-refractivity contribution >= 4 is 31.6 Å². The molecule has 0 saturated carbocycles. The summed E-state index contributed by atoms with van der Waals surface area (Å²) in [5.41, 5.74) is 3.44. The van der Waals surface area contributed by atoms with E-state index in [9.17, 15) is 0 Å². The molecule has 0 aliphatic carbocycles. The van der Waals surface area contributed by atoms with Crippen molar-refractivity contribution in [2.75, 3.05) is 11.5 Å². The van der Waals surface area contributed by atoms with E-state index in [2.05, 4.69) is 58.8 Å². The lowest BCUT2D eigenvalue weighted by atomic mass is 10.3. The second kappa shape index (κ2) is 7.03. The van der Waals surface area contributed by atoms with Crippen LogP contribution >= 0.6 is 23.5 Å². The Morgan fingerprint density at radius 3 is 2.12 bits per heavy atom. The predicted octanol–water partition coefficient (Wildman–Crippen LogP) is 4.52. The van der Waals surface area contributed by atoms with Crippen molar-refractivity contribution in [3.8, 4) is 11.5 Å². The SMILES string of the molecule is CC(C#C[Si](C)(C)C)SCCSC(C)(C)C. The Morgan fingerprint density at radius 1 is 1.12 bits per heavy atom. The van der Waals surface area contributed by atoms with Crippen LogP contribution in [0.5, 0.6) is 0 Å². The zero-order chi connectivity index (χ0) is 12.8. The van der Waals surface area contributed by atoms with Gasteiger partial charge in [-0.1, -0.05) is 46.3 Å². The summed E-state index contributed by atoms with van der Waals surface area (Å²) in [7, 11) is -1.18. The fraction of sp³-hybridized carbons (Fsp3) is 0.846. The van der Waals surface area contributed by atoms with Gasteiger partial charge in [-0.05, 0) is 6.92 Å². The van der Waals surface area contributed by atoms with Gasteiger partial charge in [-0.15, -0.1) is 17.3 Å². The summed E-state index contributed by atoms with van der Waals surface area (Å²) in [5, 5.41) is 0.493. The molecule has 0 amide bonds. The Kier molecular flexibility index (Phi) is 7.24. The first kappa shape index (κ1) is 16.5. The van der Waals surface area contributed by atoms with E-state index >= 15 is 0 Å². The Bertz CT molecular complexity index is 250. The number of hydrogen-bond donors (Lipinski definition) is 0. The lowest BCUT2D eigenvalue weighted by Gasteiger charge is -2.17. The molecule has 0 spiro atoms. The predicted molar refractivity (Wildman–Crippen MR) is 85.3 cm³/mol. The maximum absolute atomic E-state index is 3.44. The monoisotopic (exact) mass is 274 g/mol. The summed E-state index contributed by atoms with van der Waals surface area (Å²) in [5.74, 6) is 5.83. The van der Waals surface area contributed by atoms with Crippen molar-refractivity contribution in [3.05, 3.63) is 0 Å². The Labute approximate surface area is 112 Å². The van der Waals surface area contributed by atoms with Gasteiger partial charge in [-0.25, -0.2) is 0 Å². The van der Waals surface area contributed by atoms with E-state index in [1.807, 2.05) is 23.5 Å². The van der Waals surface area contributed by atoms with Crippen LogP contribution in [-0.4, -0.2) is 29.6 Å². The summed E-state index contributed by atoms with van der Waals surface area (Å²) in [6.45, 7) is 15.9. The van der Waals surface area contributed by atoms with Gasteiger partial charge in [0.05, 0.1) is 5.25 Å². The van der Waals surface area contributed by atoms with E-state index in [0.29, 0.717) is 10.00 Å². The standard InChI is InChI=1S/C13H26S2Si/c1-12(8-11-16(5,6)7)14-9-10-15-13(2,3)4/h12H,9-10H2,1-7H3. The topological polar surface area (TPSA) is 0 Å². The molecule has 1 atom stereocenters. The van der Waals surface area contributed by atoms with Crippen LogP contribution < -0.4 is 0 Å². The smallest absolute Gasteiger partial charge is 0.129 e. The molecule has 0 bridgehead atoms. The van der Waals surface area contributed by atoms with Crippen LogP contribution in [0.15, 0.2) is 0 Å². The van der Waals surface area contributed by atoms with Crippen LogP contribution in [0, 0.1) is 11.5 Å². The maximum atomic E-state index is 3.44. The van der Waals surface area contributed by atoms with Crippen LogP contribution in [0.2, 0.25) is 19.6 Å². The second-order valence-corrected chi connectivity index (χ2v) is 14.1. The van der Waals surface area contributed by atoms with Crippen LogP contribution in [0.25, 0.3) is 0 Å². The first-order valence-electron chi connectivity index (χ1n) is 5.88. The average molecular weight is 275 g/mol. The highest BCUT2D eigenvalue weighted by Crippen LogP contribution is 2.24. The summed E-state index contributed by atoms with van der Waals surface area (Å²) in [6, 6.07) is 0. The molecule has 0 aromatic rings. The van der Waals surface area contributed by atoms with Gasteiger partial charge < -0.3 is 0 Å². The highest BCUT2D eigenvalue weighted by Gasteiger charge is 2.10. The van der Waals surface area contributed by atoms with Crippen molar-refractivity contribution in [1.29, 1.82) is 0 Å². The number of rotatable bonds is 4. The molecule has 0 heterocycles. The molecule has 0 aromatic carbocycles. The van der Waals surface area contributed by atoms with Crippen LogP contribution in [0.3, 0.4) is 0 Å². The van der Waals surface area contributed by atoms with Gasteiger partial charge in [0.2, 0.25) is 0 Å². The normalized spacial score (nSPS) is 14.2. The first-order valence-corrected chi connectivity index (χ1v) is 11.4. The molecule has 0 aliphatic heterocycles. The zero-order valence-electron chi connectivity index (χ0n) is 11.8. The van der Waals surface area contributed by atoms with E-state index < -0.39 is 8.07 Å². The summed E-state index contributed by atoms with van der Waals surface area (Å²) >= 11 is 4.02. The number of hydrogen-bond acceptors (Lipinski definition) is 2. The van der Waals surface area contributed by atoms with Crippen molar-refractivity contribution in [2.24, 2.45) is 0 Å². The summed E-state index contributed by atoms with van der Waals surface area (Å²) < 4.78 is 0.397. The minimum atomic E-state index is -1.18. The summed E-state index contributed by atoms with van der Waals surface area (Å²) in [4.78, 5) is 0. The van der Waals surface area contributed by atoms with Crippen LogP contribution in [-0.2, 0) is 0 Å². The van der Waals surface area contributed by atoms with Crippen molar-refractivity contribution < 1.29 is 0 Å². The van der Waals surface area contributed by atoms with Crippen molar-refractivity contribution in [2.45, 2.75) is 57.3 Å². The molecule has 1 unspecified atom stereocenters. The van der Waals surface area contributed by atoms with Crippen LogP contribution in [0.1, 0.15) is 27.7 Å². The molecule has 0 radical (unpaired) electrons. The molecule has 16 heavy (non-hydrogen) atoms. The van der Waals surface area contributed by atoms with E-state index in [1.165, 1.54) is 11.5 Å². The van der Waals surface area contributed by atoms with E-state index in [1.54, 1.807) is 0 Å². The quantitative estimate of drug-likeness (QED) is 0.420. The first-order chi connectivity index (χ1) is 7.10. The molecule has 0 N–H and O–H groups in total. The van der Waals surface area contributed by atoms with Crippen molar-refractivity contribution in [3.63, 3.8) is 0 Å². The maximum Gasteiger partial charge on any atom is 0.129 e.